The third kappa shape index (κ3) is 3.70. The third-order valence-electron chi connectivity index (χ3n) is 4.33. The average molecular weight is 276 g/mol. The molecule has 2 unspecified atom stereocenters. The molecule has 2 atom stereocenters. The summed E-state index contributed by atoms with van der Waals surface area (Å²) in [6, 6.07) is 5.36. The number of pyridine rings is 1. The lowest BCUT2D eigenvalue weighted by molar-refractivity contribution is 0.314. The maximum Gasteiger partial charge on any atom is 0.128 e. The van der Waals surface area contributed by atoms with Gasteiger partial charge in [0.25, 0.3) is 0 Å². The number of hydrogen-bond donors (Lipinski definition) is 1. The molecule has 4 nitrogen and oxygen atoms in total. The van der Waals surface area contributed by atoms with Gasteiger partial charge in [-0.15, -0.1) is 0 Å². The summed E-state index contributed by atoms with van der Waals surface area (Å²) in [5, 5.41) is 3.45. The zero-order valence-corrected chi connectivity index (χ0v) is 13.3. The van der Waals surface area contributed by atoms with Crippen molar-refractivity contribution in [1.29, 1.82) is 0 Å². The van der Waals surface area contributed by atoms with Crippen molar-refractivity contribution >= 4 is 5.82 Å². The summed E-state index contributed by atoms with van der Waals surface area (Å²) >= 11 is 0. The van der Waals surface area contributed by atoms with Gasteiger partial charge in [-0.05, 0) is 57.6 Å². The van der Waals surface area contributed by atoms with Gasteiger partial charge in [-0.1, -0.05) is 6.92 Å². The monoisotopic (exact) mass is 276 g/mol. The first-order chi connectivity index (χ1) is 9.61. The number of likely N-dealkylation sites (tertiary alicyclic amines) is 1. The number of rotatable bonds is 6. The lowest BCUT2D eigenvalue weighted by Gasteiger charge is -2.27. The molecule has 1 aliphatic rings. The van der Waals surface area contributed by atoms with Crippen LogP contribution < -0.4 is 10.2 Å². The molecule has 20 heavy (non-hydrogen) atoms. The molecule has 1 aromatic heterocycles. The molecule has 0 saturated carbocycles. The molecule has 1 aliphatic heterocycles. The van der Waals surface area contributed by atoms with Gasteiger partial charge in [0.1, 0.15) is 5.82 Å². The topological polar surface area (TPSA) is 31.4 Å². The summed E-state index contributed by atoms with van der Waals surface area (Å²) in [6.07, 6.45) is 4.54. The Morgan fingerprint density at radius 1 is 1.55 bits per heavy atom. The summed E-state index contributed by atoms with van der Waals surface area (Å²) in [4.78, 5) is 9.27. The van der Waals surface area contributed by atoms with Crippen molar-refractivity contribution in [2.45, 2.75) is 38.8 Å². The first-order valence-corrected chi connectivity index (χ1v) is 7.72. The summed E-state index contributed by atoms with van der Waals surface area (Å²) < 4.78 is 0. The van der Waals surface area contributed by atoms with Gasteiger partial charge in [0.05, 0.1) is 0 Å². The predicted octanol–water partition coefficient (Wildman–Crippen LogP) is 2.28. The molecule has 0 amide bonds. The zero-order valence-electron chi connectivity index (χ0n) is 13.3. The van der Waals surface area contributed by atoms with E-state index in [0.29, 0.717) is 12.1 Å². The number of anilines is 1. The van der Waals surface area contributed by atoms with Gasteiger partial charge < -0.3 is 15.1 Å². The number of nitrogens with one attached hydrogen (secondary N) is 1. The Hall–Kier alpha value is -1.13. The fraction of sp³-hybridized carbons (Fsp3) is 0.688. The van der Waals surface area contributed by atoms with Gasteiger partial charge in [-0.2, -0.15) is 0 Å². The minimum atomic E-state index is 0.379. The van der Waals surface area contributed by atoms with Crippen LogP contribution in [0.5, 0.6) is 0 Å². The molecule has 4 heteroatoms. The van der Waals surface area contributed by atoms with E-state index in [4.69, 9.17) is 0 Å². The van der Waals surface area contributed by atoms with Crippen LogP contribution in [-0.4, -0.2) is 49.7 Å². The number of aromatic nitrogens is 1. The van der Waals surface area contributed by atoms with Crippen LogP contribution in [-0.2, 0) is 0 Å². The maximum absolute atomic E-state index is 4.53. The molecule has 112 valence electrons. The first-order valence-electron chi connectivity index (χ1n) is 7.72. The molecule has 0 aliphatic carbocycles. The van der Waals surface area contributed by atoms with E-state index >= 15 is 0 Å². The van der Waals surface area contributed by atoms with Crippen LogP contribution in [0.3, 0.4) is 0 Å². The van der Waals surface area contributed by atoms with E-state index in [1.807, 2.05) is 6.20 Å². The van der Waals surface area contributed by atoms with Gasteiger partial charge in [0.2, 0.25) is 0 Å². The van der Waals surface area contributed by atoms with Gasteiger partial charge in [0.15, 0.2) is 0 Å². The van der Waals surface area contributed by atoms with Gasteiger partial charge in [-0.25, -0.2) is 4.98 Å². The molecule has 1 fully saturated rings. The highest BCUT2D eigenvalue weighted by Crippen LogP contribution is 2.20. The number of likely N-dealkylation sites (N-methyl/N-ethyl adjacent to an activating group) is 2. The highest BCUT2D eigenvalue weighted by Gasteiger charge is 2.22. The molecule has 0 spiro atoms. The average Bonchev–Trinajstić information content (AvgIpc) is 2.85. The second-order valence-corrected chi connectivity index (χ2v) is 5.88. The SMILES string of the molecule is CCNC(C)c1ccnc(N(C)CC2CCCN2C)c1. The van der Waals surface area contributed by atoms with Crippen molar-refractivity contribution in [3.63, 3.8) is 0 Å². The van der Waals surface area contributed by atoms with Crippen LogP contribution in [0.1, 0.15) is 38.3 Å². The fourth-order valence-corrected chi connectivity index (χ4v) is 2.96. The summed E-state index contributed by atoms with van der Waals surface area (Å²) in [6.45, 7) is 7.61. The van der Waals surface area contributed by atoms with Crippen LogP contribution in [0.4, 0.5) is 5.82 Å². The lowest BCUT2D eigenvalue weighted by Crippen LogP contribution is -2.37. The van der Waals surface area contributed by atoms with Crippen molar-refractivity contribution in [2.24, 2.45) is 0 Å². The molecule has 2 rings (SSSR count). The molecule has 1 saturated heterocycles. The summed E-state index contributed by atoms with van der Waals surface area (Å²) in [7, 11) is 4.37. The van der Waals surface area contributed by atoms with E-state index in [9.17, 15) is 0 Å². The van der Waals surface area contributed by atoms with Crippen molar-refractivity contribution in [1.82, 2.24) is 15.2 Å². The standard InChI is InChI=1S/C16H28N4/c1-5-17-13(2)14-8-9-18-16(11-14)20(4)12-15-7-6-10-19(15)3/h8-9,11,13,15,17H,5-7,10,12H2,1-4H3. The Morgan fingerprint density at radius 3 is 3.00 bits per heavy atom. The molecule has 0 aromatic carbocycles. The molecular weight excluding hydrogens is 248 g/mol. The lowest BCUT2D eigenvalue weighted by atomic mass is 10.1. The number of nitrogens with zero attached hydrogens (tertiary/aromatic N) is 3. The molecular formula is C16H28N4. The van der Waals surface area contributed by atoms with Crippen LogP contribution in [0.25, 0.3) is 0 Å². The quantitative estimate of drug-likeness (QED) is 0.864. The second kappa shape index (κ2) is 7.04. The van der Waals surface area contributed by atoms with E-state index in [0.717, 1.165) is 18.9 Å². The van der Waals surface area contributed by atoms with Crippen LogP contribution in [0.15, 0.2) is 18.3 Å². The van der Waals surface area contributed by atoms with Crippen molar-refractivity contribution in [2.75, 3.05) is 38.6 Å². The fourth-order valence-electron chi connectivity index (χ4n) is 2.96. The minimum absolute atomic E-state index is 0.379. The maximum atomic E-state index is 4.53. The highest BCUT2D eigenvalue weighted by atomic mass is 15.2. The Bertz CT molecular complexity index is 421. The van der Waals surface area contributed by atoms with E-state index in [1.54, 1.807) is 0 Å². The molecule has 2 heterocycles. The predicted molar refractivity (Wildman–Crippen MR) is 85.3 cm³/mol. The minimum Gasteiger partial charge on any atom is -0.358 e. The normalized spacial score (nSPS) is 21.1. The Labute approximate surface area is 123 Å². The van der Waals surface area contributed by atoms with Crippen LogP contribution >= 0.6 is 0 Å². The van der Waals surface area contributed by atoms with Crippen molar-refractivity contribution < 1.29 is 0 Å². The largest absolute Gasteiger partial charge is 0.358 e. The first kappa shape index (κ1) is 15.3. The van der Waals surface area contributed by atoms with Crippen molar-refractivity contribution in [3.8, 4) is 0 Å². The summed E-state index contributed by atoms with van der Waals surface area (Å²) in [5.41, 5.74) is 1.31. The van der Waals surface area contributed by atoms with Gasteiger partial charge >= 0.3 is 0 Å². The summed E-state index contributed by atoms with van der Waals surface area (Å²) in [5.74, 6) is 1.08. The third-order valence-corrected chi connectivity index (χ3v) is 4.33. The van der Waals surface area contributed by atoms with E-state index in [1.165, 1.54) is 24.9 Å². The highest BCUT2D eigenvalue weighted by molar-refractivity contribution is 5.41. The van der Waals surface area contributed by atoms with E-state index < -0.39 is 0 Å². The van der Waals surface area contributed by atoms with E-state index in [-0.39, 0.29) is 0 Å². The van der Waals surface area contributed by atoms with Gasteiger partial charge in [0, 0.05) is 31.9 Å². The smallest absolute Gasteiger partial charge is 0.128 e. The Morgan fingerprint density at radius 2 is 2.35 bits per heavy atom. The Balaban J connectivity index is 2.02. The van der Waals surface area contributed by atoms with Crippen LogP contribution in [0, 0.1) is 0 Å². The van der Waals surface area contributed by atoms with Gasteiger partial charge in [-0.3, -0.25) is 0 Å². The molecule has 0 bridgehead atoms. The number of hydrogen-bond acceptors (Lipinski definition) is 4. The van der Waals surface area contributed by atoms with Crippen LogP contribution in [0.2, 0.25) is 0 Å². The molecule has 1 N–H and O–H groups in total. The second-order valence-electron chi connectivity index (χ2n) is 5.88. The zero-order chi connectivity index (χ0) is 14.5. The van der Waals surface area contributed by atoms with Crippen molar-refractivity contribution in [3.05, 3.63) is 23.9 Å². The molecule has 1 aromatic rings. The van der Waals surface area contributed by atoms with E-state index in [2.05, 4.69) is 60.2 Å². The molecule has 0 radical (unpaired) electrons. The Kier molecular flexibility index (Phi) is 5.38.